The molecule has 9 nitrogen and oxygen atoms in total. The number of anilines is 2. The third-order valence-corrected chi connectivity index (χ3v) is 7.20. The summed E-state index contributed by atoms with van der Waals surface area (Å²) in [5.41, 5.74) is 2.02. The van der Waals surface area contributed by atoms with E-state index in [4.69, 9.17) is 0 Å². The molecule has 4 aliphatic rings. The number of urea groups is 1. The Kier molecular flexibility index (Phi) is 5.31. The number of aromatic nitrogens is 2. The van der Waals surface area contributed by atoms with Crippen LogP contribution in [0.1, 0.15) is 37.3 Å². The Balaban J connectivity index is 1.13. The van der Waals surface area contributed by atoms with Gasteiger partial charge in [-0.15, -0.1) is 0 Å². The number of carbonyl (C=O) groups excluding carboxylic acids is 1. The number of fused-ring (bicyclic) bond motifs is 1. The Morgan fingerprint density at radius 1 is 1.18 bits per heavy atom. The molecule has 1 aromatic carbocycles. The average Bonchev–Trinajstić information content (AvgIpc) is 3.22. The fraction of sp³-hybridized carbons (Fsp3) is 0.348. The Hall–Kier alpha value is -3.24. The molecule has 6 rings (SSSR count). The van der Waals surface area contributed by atoms with E-state index in [2.05, 4.69) is 42.4 Å². The molecule has 4 heterocycles. The van der Waals surface area contributed by atoms with E-state index in [-0.39, 0.29) is 6.03 Å². The van der Waals surface area contributed by atoms with Gasteiger partial charge in [-0.1, -0.05) is 0 Å². The van der Waals surface area contributed by atoms with Crippen molar-refractivity contribution in [3.05, 3.63) is 60.4 Å². The van der Waals surface area contributed by atoms with Crippen LogP contribution in [0.25, 0.3) is 0 Å². The molecular weight excluding hydrogens is 436 g/mol. The largest absolute Gasteiger partial charge is 0.325 e. The maximum absolute atomic E-state index is 12.3. The molecule has 10 heteroatoms. The standard InChI is InChI=1S/C23H26N8OS/c32-23(29-10-1-2-11-29)25-17-5-7-18(8-6-17)33-30-14-21-24-9-12-31(21)22(15-30)26-20-13-19(27-28-20)16-3-4-16/h5-9,12-13,15-16H,1-4,10-11,14H2,(H,25,32)(H2,26,27,28)/p+1. The third-order valence-electron chi connectivity index (χ3n) is 6.25. The summed E-state index contributed by atoms with van der Waals surface area (Å²) in [4.78, 5) is 20.9. The summed E-state index contributed by atoms with van der Waals surface area (Å²) >= 11 is 1.64. The topological polar surface area (TPSA) is 93.1 Å². The summed E-state index contributed by atoms with van der Waals surface area (Å²) in [6.45, 7) is 2.41. The number of nitrogens with one attached hydrogen (secondary N) is 4. The molecule has 33 heavy (non-hydrogen) atoms. The van der Waals surface area contributed by atoms with E-state index in [1.807, 2.05) is 41.6 Å². The second-order valence-electron chi connectivity index (χ2n) is 8.77. The van der Waals surface area contributed by atoms with Crippen molar-refractivity contribution in [1.82, 2.24) is 19.4 Å². The SMILES string of the molecule is O=C(Nc1ccc(SN2C=C(Nc3cc(C4CC4)[nH]n3)[NH+]3C=CN=C3C2)cc1)N1CCCC1. The fourth-order valence-corrected chi connectivity index (χ4v) is 5.18. The van der Waals surface area contributed by atoms with E-state index in [1.54, 1.807) is 11.9 Å². The molecular formula is C23H27N8OS+. The van der Waals surface area contributed by atoms with Gasteiger partial charge < -0.3 is 10.2 Å². The minimum absolute atomic E-state index is 0.0133. The lowest BCUT2D eigenvalue weighted by atomic mass is 10.3. The number of amidine groups is 1. The van der Waals surface area contributed by atoms with Crippen LogP contribution >= 0.6 is 11.9 Å². The molecule has 170 valence electrons. The highest BCUT2D eigenvalue weighted by molar-refractivity contribution is 7.97. The molecule has 0 bridgehead atoms. The third kappa shape index (κ3) is 4.49. The van der Waals surface area contributed by atoms with Crippen molar-refractivity contribution >= 4 is 35.3 Å². The van der Waals surface area contributed by atoms with E-state index in [9.17, 15) is 4.79 Å². The van der Waals surface area contributed by atoms with Gasteiger partial charge in [-0.05, 0) is 61.9 Å². The minimum atomic E-state index is -0.0133. The van der Waals surface area contributed by atoms with Crippen molar-refractivity contribution < 1.29 is 9.69 Å². The molecule has 0 radical (unpaired) electrons. The van der Waals surface area contributed by atoms with Gasteiger partial charge in [0.1, 0.15) is 12.7 Å². The summed E-state index contributed by atoms with van der Waals surface area (Å²) in [6, 6.07) is 10.1. The molecule has 1 saturated heterocycles. The number of carbonyl (C=O) groups is 1. The molecule has 2 fully saturated rings. The number of H-pyrrole nitrogens is 1. The predicted molar refractivity (Wildman–Crippen MR) is 129 cm³/mol. The number of aliphatic imine (C=N–C) groups is 1. The fourth-order valence-electron chi connectivity index (χ4n) is 4.30. The maximum atomic E-state index is 12.3. The Labute approximate surface area is 196 Å². The normalized spacial score (nSPS) is 21.6. The first-order valence-electron chi connectivity index (χ1n) is 11.5. The zero-order valence-corrected chi connectivity index (χ0v) is 19.1. The molecule has 4 N–H and O–H groups in total. The van der Waals surface area contributed by atoms with Gasteiger partial charge in [-0.25, -0.2) is 14.7 Å². The number of benzene rings is 1. The van der Waals surface area contributed by atoms with Gasteiger partial charge in [0.05, 0.1) is 12.4 Å². The minimum Gasteiger partial charge on any atom is -0.325 e. The zero-order chi connectivity index (χ0) is 22.2. The molecule has 3 aliphatic heterocycles. The van der Waals surface area contributed by atoms with Crippen molar-refractivity contribution in [1.29, 1.82) is 0 Å². The quantitative estimate of drug-likeness (QED) is 0.495. The van der Waals surface area contributed by atoms with Crippen molar-refractivity contribution in [2.45, 2.75) is 36.5 Å². The molecule has 1 aromatic heterocycles. The van der Waals surface area contributed by atoms with Crippen LogP contribution in [0.4, 0.5) is 16.3 Å². The van der Waals surface area contributed by atoms with Gasteiger partial charge in [-0.3, -0.25) is 14.7 Å². The molecule has 2 amide bonds. The van der Waals surface area contributed by atoms with Crippen molar-refractivity contribution in [3.8, 4) is 0 Å². The smallest absolute Gasteiger partial charge is 0.321 e. The van der Waals surface area contributed by atoms with Gasteiger partial charge in [0, 0.05) is 41.4 Å². The summed E-state index contributed by atoms with van der Waals surface area (Å²) in [7, 11) is 0. The Morgan fingerprint density at radius 2 is 2.00 bits per heavy atom. The van der Waals surface area contributed by atoms with Crippen molar-refractivity contribution in [3.63, 3.8) is 0 Å². The van der Waals surface area contributed by atoms with Gasteiger partial charge in [0.15, 0.2) is 5.82 Å². The second-order valence-corrected chi connectivity index (χ2v) is 9.89. The predicted octanol–water partition coefficient (Wildman–Crippen LogP) is 2.92. The number of hydrogen-bond acceptors (Lipinski definition) is 6. The highest BCUT2D eigenvalue weighted by atomic mass is 32.2. The van der Waals surface area contributed by atoms with E-state index < -0.39 is 0 Å². The highest BCUT2D eigenvalue weighted by Gasteiger charge is 2.32. The van der Waals surface area contributed by atoms with Crippen LogP contribution in [0, 0.1) is 0 Å². The van der Waals surface area contributed by atoms with Crippen LogP contribution in [0.15, 0.2) is 64.6 Å². The van der Waals surface area contributed by atoms with E-state index in [1.165, 1.54) is 18.5 Å². The highest BCUT2D eigenvalue weighted by Crippen LogP contribution is 2.39. The van der Waals surface area contributed by atoms with Crippen LogP contribution in [0.2, 0.25) is 0 Å². The van der Waals surface area contributed by atoms with Gasteiger partial charge in [0.25, 0.3) is 0 Å². The first-order chi connectivity index (χ1) is 16.2. The molecule has 2 aromatic rings. The second kappa shape index (κ2) is 8.60. The summed E-state index contributed by atoms with van der Waals surface area (Å²) < 4.78 is 2.17. The Morgan fingerprint density at radius 3 is 2.79 bits per heavy atom. The lowest BCUT2D eigenvalue weighted by molar-refractivity contribution is -0.699. The number of amides is 2. The molecule has 1 atom stereocenters. The summed E-state index contributed by atoms with van der Waals surface area (Å²) in [5.74, 6) is 3.50. The van der Waals surface area contributed by atoms with E-state index in [0.717, 1.165) is 65.4 Å². The van der Waals surface area contributed by atoms with Crippen LogP contribution in [-0.2, 0) is 0 Å². The van der Waals surface area contributed by atoms with Crippen molar-refractivity contribution in [2.75, 3.05) is 30.3 Å². The number of nitrogens with zero attached hydrogens (tertiary/aromatic N) is 4. The first-order valence-corrected chi connectivity index (χ1v) is 12.2. The monoisotopic (exact) mass is 463 g/mol. The van der Waals surface area contributed by atoms with Crippen LogP contribution < -0.4 is 15.5 Å². The lowest BCUT2D eigenvalue weighted by Gasteiger charge is -2.27. The molecule has 1 aliphatic carbocycles. The lowest BCUT2D eigenvalue weighted by Crippen LogP contribution is -3.10. The first kappa shape index (κ1) is 20.4. The van der Waals surface area contributed by atoms with E-state index >= 15 is 0 Å². The number of likely N-dealkylation sites (tertiary alicyclic amines) is 1. The molecule has 0 spiro atoms. The molecule has 1 saturated carbocycles. The van der Waals surface area contributed by atoms with Crippen LogP contribution in [0.3, 0.4) is 0 Å². The van der Waals surface area contributed by atoms with Gasteiger partial charge in [-0.2, -0.15) is 5.10 Å². The number of aromatic amines is 1. The number of rotatable bonds is 6. The molecule has 1 unspecified atom stereocenters. The average molecular weight is 464 g/mol. The van der Waals surface area contributed by atoms with Gasteiger partial charge in [0.2, 0.25) is 11.7 Å². The van der Waals surface area contributed by atoms with Crippen LogP contribution in [-0.4, -0.2) is 50.9 Å². The number of quaternary nitrogens is 1. The van der Waals surface area contributed by atoms with Crippen molar-refractivity contribution in [2.24, 2.45) is 4.99 Å². The Bertz CT molecular complexity index is 1130. The summed E-state index contributed by atoms with van der Waals surface area (Å²) in [6.07, 6.45) is 10.7. The van der Waals surface area contributed by atoms with E-state index in [0.29, 0.717) is 5.92 Å². The summed E-state index contributed by atoms with van der Waals surface area (Å²) in [5, 5.41) is 14.1. The maximum Gasteiger partial charge on any atom is 0.321 e. The van der Waals surface area contributed by atoms with Gasteiger partial charge >= 0.3 is 6.03 Å². The number of hydrogen-bond donors (Lipinski definition) is 4. The zero-order valence-electron chi connectivity index (χ0n) is 18.3. The van der Waals surface area contributed by atoms with Crippen LogP contribution in [0.5, 0.6) is 0 Å².